The van der Waals surface area contributed by atoms with Crippen molar-refractivity contribution in [2.24, 2.45) is 0 Å². The van der Waals surface area contributed by atoms with Crippen molar-refractivity contribution in [3.63, 3.8) is 0 Å². The lowest BCUT2D eigenvalue weighted by atomic mass is 10.1. The summed E-state index contributed by atoms with van der Waals surface area (Å²) < 4.78 is 71.4. The molecule has 0 aliphatic heterocycles. The van der Waals surface area contributed by atoms with Crippen molar-refractivity contribution < 1.29 is 31.1 Å². The molecule has 0 fully saturated rings. The normalized spacial score (nSPS) is 11.7. The SMILES string of the molecule is Cc1ccc(C(F)(F)F)cc1COc1cc(NC(=O)c2ccc(I)cc2)ccc1N(C)S(C)(=O)=O. The maximum absolute atomic E-state index is 13.1. The lowest BCUT2D eigenvalue weighted by Gasteiger charge is -2.22. The molecule has 3 rings (SSSR count). The number of aryl methyl sites for hydroxylation is 1. The Kier molecular flexibility index (Phi) is 8.00. The number of amides is 1. The summed E-state index contributed by atoms with van der Waals surface area (Å²) in [5.41, 5.74) is 0.984. The van der Waals surface area contributed by atoms with E-state index < -0.39 is 21.8 Å². The number of carbonyl (C=O) groups is 1. The number of anilines is 2. The third-order valence-electron chi connectivity index (χ3n) is 5.22. The van der Waals surface area contributed by atoms with Crippen LogP contribution in [0.15, 0.2) is 60.7 Å². The van der Waals surface area contributed by atoms with Gasteiger partial charge in [-0.3, -0.25) is 9.10 Å². The van der Waals surface area contributed by atoms with E-state index in [0.29, 0.717) is 22.4 Å². The standard InChI is InChI=1S/C24H22F3IN2O4S/c1-15-4-7-18(24(25,26)27)12-17(15)14-34-22-13-20(10-11-21(22)30(2)35(3,32)33)29-23(31)16-5-8-19(28)9-6-16/h4-13H,14H2,1-3H3,(H,29,31). The fourth-order valence-electron chi connectivity index (χ4n) is 3.11. The van der Waals surface area contributed by atoms with Crippen molar-refractivity contribution in [2.45, 2.75) is 19.7 Å². The van der Waals surface area contributed by atoms with Gasteiger partial charge in [0.2, 0.25) is 10.0 Å². The number of halogens is 4. The summed E-state index contributed by atoms with van der Waals surface area (Å²) in [6, 6.07) is 14.6. The van der Waals surface area contributed by atoms with Gasteiger partial charge in [-0.2, -0.15) is 13.2 Å². The molecule has 0 aliphatic carbocycles. The highest BCUT2D eigenvalue weighted by molar-refractivity contribution is 14.1. The van der Waals surface area contributed by atoms with E-state index in [1.54, 1.807) is 31.2 Å². The van der Waals surface area contributed by atoms with Crippen LogP contribution in [0.5, 0.6) is 5.75 Å². The highest BCUT2D eigenvalue weighted by atomic mass is 127. The van der Waals surface area contributed by atoms with E-state index in [1.807, 2.05) is 0 Å². The molecule has 0 atom stereocenters. The average Bonchev–Trinajstić information content (AvgIpc) is 2.77. The van der Waals surface area contributed by atoms with Gasteiger partial charge in [0.15, 0.2) is 0 Å². The van der Waals surface area contributed by atoms with Crippen molar-refractivity contribution in [3.8, 4) is 5.75 Å². The molecule has 1 N–H and O–H groups in total. The number of rotatable bonds is 7. The summed E-state index contributed by atoms with van der Waals surface area (Å²) >= 11 is 2.12. The maximum Gasteiger partial charge on any atom is 0.416 e. The summed E-state index contributed by atoms with van der Waals surface area (Å²) in [5, 5.41) is 2.72. The molecule has 3 aromatic rings. The number of carbonyl (C=O) groups excluding carboxylic acids is 1. The van der Waals surface area contributed by atoms with Crippen LogP contribution < -0.4 is 14.4 Å². The molecule has 0 aliphatic rings. The first-order valence-corrected chi connectivity index (χ1v) is 13.1. The molecule has 0 heterocycles. The molecule has 3 aromatic carbocycles. The zero-order chi connectivity index (χ0) is 26.0. The molecule has 0 saturated carbocycles. The van der Waals surface area contributed by atoms with E-state index in [0.717, 1.165) is 26.3 Å². The Bertz CT molecular complexity index is 1340. The zero-order valence-corrected chi connectivity index (χ0v) is 22.0. The molecule has 0 unspecified atom stereocenters. The summed E-state index contributed by atoms with van der Waals surface area (Å²) in [7, 11) is -2.33. The molecular formula is C24H22F3IN2O4S. The van der Waals surface area contributed by atoms with Crippen LogP contribution in [-0.4, -0.2) is 27.6 Å². The van der Waals surface area contributed by atoms with Crippen molar-refractivity contribution in [3.05, 3.63) is 86.5 Å². The van der Waals surface area contributed by atoms with Gasteiger partial charge in [-0.05, 0) is 89.2 Å². The Morgan fingerprint density at radius 3 is 2.31 bits per heavy atom. The van der Waals surface area contributed by atoms with Crippen LogP contribution in [0, 0.1) is 10.5 Å². The summed E-state index contributed by atoms with van der Waals surface area (Å²) in [4.78, 5) is 12.6. The molecule has 0 aromatic heterocycles. The quantitative estimate of drug-likeness (QED) is 0.338. The van der Waals surface area contributed by atoms with Gasteiger partial charge in [0, 0.05) is 27.9 Å². The molecule has 0 bridgehead atoms. The average molecular weight is 618 g/mol. The lowest BCUT2D eigenvalue weighted by molar-refractivity contribution is -0.137. The Labute approximate surface area is 215 Å². The number of nitrogens with one attached hydrogen (secondary N) is 1. The largest absolute Gasteiger partial charge is 0.487 e. The Hall–Kier alpha value is -2.80. The molecule has 0 saturated heterocycles. The number of nitrogens with zero attached hydrogens (tertiary/aromatic N) is 1. The van der Waals surface area contributed by atoms with Crippen LogP contribution in [0.3, 0.4) is 0 Å². The molecular weight excluding hydrogens is 596 g/mol. The lowest BCUT2D eigenvalue weighted by Crippen LogP contribution is -2.25. The van der Waals surface area contributed by atoms with Crippen molar-refractivity contribution in [1.29, 1.82) is 0 Å². The minimum absolute atomic E-state index is 0.0788. The van der Waals surface area contributed by atoms with Crippen LogP contribution in [0.25, 0.3) is 0 Å². The second kappa shape index (κ2) is 10.4. The van der Waals surface area contributed by atoms with E-state index >= 15 is 0 Å². The predicted octanol–water partition coefficient (Wildman–Crippen LogP) is 5.85. The number of sulfonamides is 1. The number of hydrogen-bond donors (Lipinski definition) is 1. The van der Waals surface area contributed by atoms with Gasteiger partial charge in [-0.1, -0.05) is 6.07 Å². The van der Waals surface area contributed by atoms with Gasteiger partial charge >= 0.3 is 6.18 Å². The number of benzene rings is 3. The van der Waals surface area contributed by atoms with E-state index in [-0.39, 0.29) is 24.0 Å². The van der Waals surface area contributed by atoms with E-state index in [1.165, 1.54) is 31.3 Å². The number of ether oxygens (including phenoxy) is 1. The second-order valence-electron chi connectivity index (χ2n) is 7.80. The molecule has 6 nitrogen and oxygen atoms in total. The highest BCUT2D eigenvalue weighted by Gasteiger charge is 2.30. The second-order valence-corrected chi connectivity index (χ2v) is 11.1. The zero-order valence-electron chi connectivity index (χ0n) is 19.0. The third-order valence-corrected chi connectivity index (χ3v) is 7.13. The first-order chi connectivity index (χ1) is 16.3. The first kappa shape index (κ1) is 26.8. The molecule has 11 heteroatoms. The Morgan fingerprint density at radius 2 is 1.71 bits per heavy atom. The van der Waals surface area contributed by atoms with Crippen LogP contribution in [0.1, 0.15) is 27.0 Å². The highest BCUT2D eigenvalue weighted by Crippen LogP contribution is 2.34. The predicted molar refractivity (Wildman–Crippen MR) is 137 cm³/mol. The van der Waals surface area contributed by atoms with Crippen LogP contribution in [0.4, 0.5) is 24.5 Å². The van der Waals surface area contributed by atoms with Crippen LogP contribution in [0.2, 0.25) is 0 Å². The molecule has 0 spiro atoms. The van der Waals surface area contributed by atoms with E-state index in [2.05, 4.69) is 27.9 Å². The Balaban J connectivity index is 1.93. The first-order valence-electron chi connectivity index (χ1n) is 10.2. The van der Waals surface area contributed by atoms with Gasteiger partial charge in [0.1, 0.15) is 12.4 Å². The van der Waals surface area contributed by atoms with E-state index in [4.69, 9.17) is 4.74 Å². The van der Waals surface area contributed by atoms with Gasteiger partial charge in [-0.15, -0.1) is 0 Å². The summed E-state index contributed by atoms with van der Waals surface area (Å²) in [5.74, 6) is -0.305. The minimum Gasteiger partial charge on any atom is -0.487 e. The molecule has 1 amide bonds. The van der Waals surface area contributed by atoms with Gasteiger partial charge in [0.25, 0.3) is 5.91 Å². The molecule has 0 radical (unpaired) electrons. The van der Waals surface area contributed by atoms with E-state index in [9.17, 15) is 26.4 Å². The maximum atomic E-state index is 13.1. The molecule has 35 heavy (non-hydrogen) atoms. The molecule has 186 valence electrons. The monoisotopic (exact) mass is 618 g/mol. The van der Waals surface area contributed by atoms with Gasteiger partial charge in [-0.25, -0.2) is 8.42 Å². The van der Waals surface area contributed by atoms with Crippen LogP contribution in [-0.2, 0) is 22.8 Å². The smallest absolute Gasteiger partial charge is 0.416 e. The Morgan fingerprint density at radius 1 is 1.06 bits per heavy atom. The van der Waals surface area contributed by atoms with Crippen molar-refractivity contribution >= 4 is 49.9 Å². The number of hydrogen-bond acceptors (Lipinski definition) is 4. The van der Waals surface area contributed by atoms with Gasteiger partial charge < -0.3 is 10.1 Å². The third kappa shape index (κ3) is 6.88. The van der Waals surface area contributed by atoms with Gasteiger partial charge in [0.05, 0.1) is 17.5 Å². The topological polar surface area (TPSA) is 75.7 Å². The number of alkyl halides is 3. The van der Waals surface area contributed by atoms with Crippen molar-refractivity contribution in [1.82, 2.24) is 0 Å². The fraction of sp³-hybridized carbons (Fsp3) is 0.208. The summed E-state index contributed by atoms with van der Waals surface area (Å²) in [6.45, 7) is 1.41. The fourth-order valence-corrected chi connectivity index (χ4v) is 3.98. The minimum atomic E-state index is -4.51. The van der Waals surface area contributed by atoms with Crippen LogP contribution >= 0.6 is 22.6 Å². The van der Waals surface area contributed by atoms with Crippen molar-refractivity contribution in [2.75, 3.05) is 22.9 Å². The summed E-state index contributed by atoms with van der Waals surface area (Å²) in [6.07, 6.45) is -3.50.